The summed E-state index contributed by atoms with van der Waals surface area (Å²) in [5.41, 5.74) is 0.529. The zero-order valence-electron chi connectivity index (χ0n) is 13.7. The van der Waals surface area contributed by atoms with Crippen molar-refractivity contribution in [2.24, 2.45) is 0 Å². The molecule has 7 nitrogen and oxygen atoms in total. The maximum atomic E-state index is 14.2. The predicted molar refractivity (Wildman–Crippen MR) is 88.5 cm³/mol. The molecule has 2 aromatic carbocycles. The highest BCUT2D eigenvalue weighted by Crippen LogP contribution is 2.33. The Morgan fingerprint density at radius 1 is 1.12 bits per heavy atom. The molecule has 0 aromatic heterocycles. The molecule has 0 bridgehead atoms. The molecule has 9 heteroatoms. The molecule has 0 radical (unpaired) electrons. The van der Waals surface area contributed by atoms with Gasteiger partial charge in [0.05, 0.1) is 25.5 Å². The summed E-state index contributed by atoms with van der Waals surface area (Å²) in [5.74, 6) is -2.03. The van der Waals surface area contributed by atoms with Gasteiger partial charge in [-0.15, -0.1) is 0 Å². The molecule has 0 aliphatic carbocycles. The molecular weight excluding hydrogens is 353 g/mol. The van der Waals surface area contributed by atoms with Crippen LogP contribution < -0.4 is 14.2 Å². The number of halogens is 1. The van der Waals surface area contributed by atoms with E-state index in [-0.39, 0.29) is 22.7 Å². The Kier molecular flexibility index (Phi) is 5.17. The number of anilines is 1. The Morgan fingerprint density at radius 3 is 2.24 bits per heavy atom. The van der Waals surface area contributed by atoms with Crippen LogP contribution in [0, 0.1) is 12.7 Å². The molecule has 0 unspecified atom stereocenters. The predicted octanol–water partition coefficient (Wildman–Crippen LogP) is 2.65. The summed E-state index contributed by atoms with van der Waals surface area (Å²) in [6, 6.07) is 5.78. The van der Waals surface area contributed by atoms with Gasteiger partial charge >= 0.3 is 5.97 Å². The van der Waals surface area contributed by atoms with E-state index in [0.29, 0.717) is 5.56 Å². The number of aryl methyl sites for hydroxylation is 1. The zero-order chi connectivity index (χ0) is 18.8. The lowest BCUT2D eigenvalue weighted by Gasteiger charge is -2.14. The van der Waals surface area contributed by atoms with Gasteiger partial charge in [0.25, 0.3) is 10.0 Å². The van der Waals surface area contributed by atoms with E-state index in [1.807, 2.05) is 0 Å². The van der Waals surface area contributed by atoms with Crippen LogP contribution in [0.3, 0.4) is 0 Å². The van der Waals surface area contributed by atoms with E-state index in [0.717, 1.165) is 12.1 Å². The van der Waals surface area contributed by atoms with E-state index in [1.165, 1.54) is 39.3 Å². The van der Waals surface area contributed by atoms with Crippen LogP contribution >= 0.6 is 0 Å². The summed E-state index contributed by atoms with van der Waals surface area (Å²) >= 11 is 0. The van der Waals surface area contributed by atoms with Crippen molar-refractivity contribution in [1.29, 1.82) is 0 Å². The lowest BCUT2D eigenvalue weighted by Crippen LogP contribution is -2.16. The Balaban J connectivity index is 2.45. The molecule has 0 aliphatic rings. The number of nitrogens with one attached hydrogen (secondary N) is 1. The van der Waals surface area contributed by atoms with Gasteiger partial charge in [-0.25, -0.2) is 17.6 Å². The Hall–Kier alpha value is -2.81. The number of carboxylic acids is 1. The SMILES string of the molecule is COc1cc(F)c(S(=O)(=O)Nc2ccc(C(=O)O)cc2C)cc1OC. The summed E-state index contributed by atoms with van der Waals surface area (Å²) in [6.07, 6.45) is 0. The van der Waals surface area contributed by atoms with Crippen LogP contribution in [0.1, 0.15) is 15.9 Å². The molecule has 2 aromatic rings. The van der Waals surface area contributed by atoms with E-state index in [2.05, 4.69) is 4.72 Å². The van der Waals surface area contributed by atoms with E-state index in [1.54, 1.807) is 0 Å². The lowest BCUT2D eigenvalue weighted by molar-refractivity contribution is 0.0697. The van der Waals surface area contributed by atoms with Gasteiger partial charge in [-0.3, -0.25) is 4.72 Å². The summed E-state index contributed by atoms with van der Waals surface area (Å²) in [6.45, 7) is 1.54. The first-order valence-corrected chi connectivity index (χ1v) is 8.46. The average Bonchev–Trinajstić information content (AvgIpc) is 2.55. The highest BCUT2D eigenvalue weighted by Gasteiger charge is 2.23. The second kappa shape index (κ2) is 6.98. The molecule has 0 amide bonds. The van der Waals surface area contributed by atoms with Gasteiger partial charge in [0, 0.05) is 12.1 Å². The van der Waals surface area contributed by atoms with E-state index < -0.39 is 26.7 Å². The number of rotatable bonds is 6. The number of sulfonamides is 1. The number of carboxylic acid groups (broad SMARTS) is 1. The third-order valence-corrected chi connectivity index (χ3v) is 4.83. The standard InChI is InChI=1S/C16H16FNO6S/c1-9-6-10(16(19)20)4-5-12(9)18-25(21,22)15-8-14(24-3)13(23-2)7-11(15)17/h4-8,18H,1-3H3,(H,19,20). The summed E-state index contributed by atoms with van der Waals surface area (Å²) in [7, 11) is -1.66. The molecule has 2 N–H and O–H groups in total. The maximum Gasteiger partial charge on any atom is 0.335 e. The van der Waals surface area contributed by atoms with Crippen molar-refractivity contribution in [3.63, 3.8) is 0 Å². The normalized spacial score (nSPS) is 11.0. The van der Waals surface area contributed by atoms with Crippen molar-refractivity contribution in [2.45, 2.75) is 11.8 Å². The van der Waals surface area contributed by atoms with E-state index in [4.69, 9.17) is 14.6 Å². The van der Waals surface area contributed by atoms with Crippen molar-refractivity contribution in [2.75, 3.05) is 18.9 Å². The van der Waals surface area contributed by atoms with Gasteiger partial charge in [0.2, 0.25) is 0 Å². The first kappa shape index (κ1) is 18.5. The van der Waals surface area contributed by atoms with Gasteiger partial charge in [0.1, 0.15) is 10.7 Å². The van der Waals surface area contributed by atoms with Crippen LogP contribution in [-0.4, -0.2) is 33.7 Å². The molecule has 134 valence electrons. The number of carbonyl (C=O) groups is 1. The highest BCUT2D eigenvalue weighted by atomic mass is 32.2. The van der Waals surface area contributed by atoms with Crippen molar-refractivity contribution < 1.29 is 32.2 Å². The van der Waals surface area contributed by atoms with Crippen molar-refractivity contribution in [1.82, 2.24) is 0 Å². The minimum absolute atomic E-state index is 0.0118. The summed E-state index contributed by atoms with van der Waals surface area (Å²) < 4.78 is 51.3. The average molecular weight is 369 g/mol. The quantitative estimate of drug-likeness (QED) is 0.812. The Labute approximate surface area is 144 Å². The molecule has 0 aliphatic heterocycles. The Morgan fingerprint density at radius 2 is 1.72 bits per heavy atom. The molecule has 0 atom stereocenters. The van der Waals surface area contributed by atoms with Crippen LogP contribution in [0.15, 0.2) is 35.2 Å². The molecule has 0 heterocycles. The van der Waals surface area contributed by atoms with Crippen LogP contribution in [0.25, 0.3) is 0 Å². The minimum atomic E-state index is -4.27. The van der Waals surface area contributed by atoms with Gasteiger partial charge in [0.15, 0.2) is 11.5 Å². The van der Waals surface area contributed by atoms with Crippen molar-refractivity contribution >= 4 is 21.7 Å². The Bertz CT molecular complexity index is 926. The van der Waals surface area contributed by atoms with Gasteiger partial charge < -0.3 is 14.6 Å². The first-order chi connectivity index (χ1) is 11.7. The lowest BCUT2D eigenvalue weighted by atomic mass is 10.1. The van der Waals surface area contributed by atoms with Crippen LogP contribution in [0.4, 0.5) is 10.1 Å². The number of benzene rings is 2. The minimum Gasteiger partial charge on any atom is -0.493 e. The van der Waals surface area contributed by atoms with Gasteiger partial charge in [-0.05, 0) is 30.7 Å². The summed E-state index contributed by atoms with van der Waals surface area (Å²) in [4.78, 5) is 10.3. The topological polar surface area (TPSA) is 102 Å². The number of hydrogen-bond donors (Lipinski definition) is 2. The maximum absolute atomic E-state index is 14.2. The van der Waals surface area contributed by atoms with Crippen molar-refractivity contribution in [3.8, 4) is 11.5 Å². The molecule has 0 fully saturated rings. The molecule has 0 spiro atoms. The number of ether oxygens (including phenoxy) is 2. The number of hydrogen-bond acceptors (Lipinski definition) is 5. The fourth-order valence-electron chi connectivity index (χ4n) is 2.15. The van der Waals surface area contributed by atoms with Crippen LogP contribution in [-0.2, 0) is 10.0 Å². The molecule has 0 saturated heterocycles. The second-order valence-electron chi connectivity index (χ2n) is 5.08. The third kappa shape index (κ3) is 3.82. The van der Waals surface area contributed by atoms with Crippen molar-refractivity contribution in [3.05, 3.63) is 47.3 Å². The zero-order valence-corrected chi connectivity index (χ0v) is 14.5. The van der Waals surface area contributed by atoms with Gasteiger partial charge in [-0.2, -0.15) is 0 Å². The fraction of sp³-hybridized carbons (Fsp3) is 0.188. The molecule has 25 heavy (non-hydrogen) atoms. The van der Waals surface area contributed by atoms with Crippen LogP contribution in [0.2, 0.25) is 0 Å². The third-order valence-electron chi connectivity index (χ3n) is 3.45. The smallest absolute Gasteiger partial charge is 0.335 e. The first-order valence-electron chi connectivity index (χ1n) is 6.98. The summed E-state index contributed by atoms with van der Waals surface area (Å²) in [5, 5.41) is 8.94. The number of aromatic carboxylic acids is 1. The largest absolute Gasteiger partial charge is 0.493 e. The second-order valence-corrected chi connectivity index (χ2v) is 6.73. The van der Waals surface area contributed by atoms with E-state index in [9.17, 15) is 17.6 Å². The van der Waals surface area contributed by atoms with E-state index >= 15 is 0 Å². The molecule has 0 saturated carbocycles. The van der Waals surface area contributed by atoms with Crippen LogP contribution in [0.5, 0.6) is 11.5 Å². The monoisotopic (exact) mass is 369 g/mol. The molecule has 2 rings (SSSR count). The number of methoxy groups -OCH3 is 2. The van der Waals surface area contributed by atoms with Gasteiger partial charge in [-0.1, -0.05) is 0 Å². The molecular formula is C16H16FNO6S. The highest BCUT2D eigenvalue weighted by molar-refractivity contribution is 7.92. The fourth-order valence-corrected chi connectivity index (χ4v) is 3.36.